The highest BCUT2D eigenvalue weighted by Crippen LogP contribution is 2.14. The molecule has 0 fully saturated rings. The summed E-state index contributed by atoms with van der Waals surface area (Å²) in [5.74, 6) is -3.40. The van der Waals surface area contributed by atoms with Gasteiger partial charge in [-0.15, -0.1) is 0 Å². The van der Waals surface area contributed by atoms with Crippen LogP contribution in [0, 0.1) is 0 Å². The molecule has 1 rings (SSSR count). The summed E-state index contributed by atoms with van der Waals surface area (Å²) in [6.07, 6.45) is -3.11. The molecule has 17 heavy (non-hydrogen) atoms. The van der Waals surface area contributed by atoms with Gasteiger partial charge in [0.05, 0.1) is 24.6 Å². The van der Waals surface area contributed by atoms with E-state index in [-0.39, 0.29) is 11.4 Å². The second-order valence-electron chi connectivity index (χ2n) is 2.88. The van der Waals surface area contributed by atoms with E-state index in [2.05, 4.69) is 9.97 Å². The highest BCUT2D eigenvalue weighted by molar-refractivity contribution is 5.84. The van der Waals surface area contributed by atoms with E-state index in [1.807, 2.05) is 0 Å². The smallest absolute Gasteiger partial charge is 0.471 e. The SMILES string of the molecule is O=C(O)c1cnc(CNC(=O)C(F)(F)F)cn1. The number of carbonyl (C=O) groups is 2. The number of aromatic carboxylic acids is 1. The predicted molar refractivity (Wildman–Crippen MR) is 46.9 cm³/mol. The molecule has 1 heterocycles. The van der Waals surface area contributed by atoms with E-state index in [1.165, 1.54) is 0 Å². The molecule has 0 unspecified atom stereocenters. The molecule has 0 aliphatic rings. The lowest BCUT2D eigenvalue weighted by Crippen LogP contribution is -2.36. The minimum Gasteiger partial charge on any atom is -0.476 e. The highest BCUT2D eigenvalue weighted by atomic mass is 19.4. The molecular weight excluding hydrogens is 243 g/mol. The van der Waals surface area contributed by atoms with Crippen molar-refractivity contribution < 1.29 is 27.9 Å². The van der Waals surface area contributed by atoms with Crippen molar-refractivity contribution in [2.75, 3.05) is 0 Å². The number of alkyl halides is 3. The van der Waals surface area contributed by atoms with Gasteiger partial charge >= 0.3 is 18.1 Å². The average molecular weight is 249 g/mol. The summed E-state index contributed by atoms with van der Waals surface area (Å²) in [5.41, 5.74) is -0.316. The van der Waals surface area contributed by atoms with Gasteiger partial charge in [-0.3, -0.25) is 9.78 Å². The van der Waals surface area contributed by atoms with Gasteiger partial charge in [-0.05, 0) is 0 Å². The maximum atomic E-state index is 11.8. The number of carbonyl (C=O) groups excluding carboxylic acids is 1. The third-order valence-corrected chi connectivity index (χ3v) is 1.61. The van der Waals surface area contributed by atoms with Crippen LogP contribution >= 0.6 is 0 Å². The van der Waals surface area contributed by atoms with Crippen molar-refractivity contribution in [1.82, 2.24) is 15.3 Å². The molecule has 1 amide bonds. The summed E-state index contributed by atoms with van der Waals surface area (Å²) < 4.78 is 35.4. The minimum atomic E-state index is -4.96. The molecule has 1 aromatic rings. The van der Waals surface area contributed by atoms with E-state index < -0.39 is 24.6 Å². The van der Waals surface area contributed by atoms with Gasteiger partial charge in [-0.2, -0.15) is 13.2 Å². The number of nitrogens with zero attached hydrogens (tertiary/aromatic N) is 2. The summed E-state index contributed by atoms with van der Waals surface area (Å²) in [4.78, 5) is 27.8. The van der Waals surface area contributed by atoms with Crippen LogP contribution in [-0.4, -0.2) is 33.1 Å². The van der Waals surface area contributed by atoms with Crippen LogP contribution in [-0.2, 0) is 11.3 Å². The Labute approximate surface area is 92.5 Å². The third-order valence-electron chi connectivity index (χ3n) is 1.61. The van der Waals surface area contributed by atoms with E-state index in [4.69, 9.17) is 5.11 Å². The van der Waals surface area contributed by atoms with Gasteiger partial charge in [0, 0.05) is 0 Å². The van der Waals surface area contributed by atoms with Crippen LogP contribution < -0.4 is 5.32 Å². The molecule has 0 aromatic carbocycles. The molecule has 0 bridgehead atoms. The number of hydrogen-bond acceptors (Lipinski definition) is 4. The van der Waals surface area contributed by atoms with Crippen molar-refractivity contribution in [3.63, 3.8) is 0 Å². The Hall–Kier alpha value is -2.19. The molecule has 6 nitrogen and oxygen atoms in total. The second kappa shape index (κ2) is 4.76. The number of rotatable bonds is 3. The highest BCUT2D eigenvalue weighted by Gasteiger charge is 2.38. The van der Waals surface area contributed by atoms with Gasteiger partial charge in [0.2, 0.25) is 0 Å². The van der Waals surface area contributed by atoms with Crippen molar-refractivity contribution in [3.05, 3.63) is 23.8 Å². The van der Waals surface area contributed by atoms with Gasteiger partial charge in [-0.25, -0.2) is 9.78 Å². The first kappa shape index (κ1) is 12.9. The van der Waals surface area contributed by atoms with Crippen molar-refractivity contribution in [3.8, 4) is 0 Å². The standard InChI is InChI=1S/C8H6F3N3O3/c9-8(10,11)7(17)14-2-4-1-13-5(3-12-4)6(15)16/h1,3H,2H2,(H,14,17)(H,15,16). The minimum absolute atomic E-state index is 0.0209. The van der Waals surface area contributed by atoms with Crippen molar-refractivity contribution >= 4 is 11.9 Å². The average Bonchev–Trinajstić information content (AvgIpc) is 2.25. The number of amides is 1. The fourth-order valence-electron chi connectivity index (χ4n) is 0.828. The van der Waals surface area contributed by atoms with Gasteiger partial charge in [-0.1, -0.05) is 0 Å². The van der Waals surface area contributed by atoms with Gasteiger partial charge < -0.3 is 10.4 Å². The van der Waals surface area contributed by atoms with Crippen LogP contribution in [0.4, 0.5) is 13.2 Å². The normalized spacial score (nSPS) is 11.0. The monoisotopic (exact) mass is 249 g/mol. The number of carboxylic acid groups (broad SMARTS) is 1. The lowest BCUT2D eigenvalue weighted by Gasteiger charge is -2.06. The Morgan fingerprint density at radius 1 is 1.29 bits per heavy atom. The zero-order valence-electron chi connectivity index (χ0n) is 8.15. The summed E-state index contributed by atoms with van der Waals surface area (Å²) in [6, 6.07) is 0. The number of halogens is 3. The Morgan fingerprint density at radius 2 is 1.94 bits per heavy atom. The van der Waals surface area contributed by atoms with E-state index >= 15 is 0 Å². The first-order valence-electron chi connectivity index (χ1n) is 4.20. The topological polar surface area (TPSA) is 92.2 Å². The number of hydrogen-bond donors (Lipinski definition) is 2. The largest absolute Gasteiger partial charge is 0.476 e. The first-order valence-corrected chi connectivity index (χ1v) is 4.20. The van der Waals surface area contributed by atoms with Crippen molar-refractivity contribution in [2.24, 2.45) is 0 Å². The third kappa shape index (κ3) is 3.70. The molecule has 0 radical (unpaired) electrons. The quantitative estimate of drug-likeness (QED) is 0.806. The van der Waals surface area contributed by atoms with E-state index in [1.54, 1.807) is 5.32 Å². The Kier molecular flexibility index (Phi) is 3.61. The van der Waals surface area contributed by atoms with Crippen LogP contribution in [0.15, 0.2) is 12.4 Å². The Morgan fingerprint density at radius 3 is 2.35 bits per heavy atom. The zero-order chi connectivity index (χ0) is 13.1. The molecule has 92 valence electrons. The van der Waals surface area contributed by atoms with E-state index in [0.717, 1.165) is 12.4 Å². The number of carboxylic acids is 1. The molecule has 1 aromatic heterocycles. The van der Waals surface area contributed by atoms with Crippen LogP contribution in [0.1, 0.15) is 16.2 Å². The predicted octanol–water partition coefficient (Wildman–Crippen LogP) is 0.353. The maximum absolute atomic E-state index is 11.8. The molecule has 0 atom stereocenters. The fraction of sp³-hybridized carbons (Fsp3) is 0.250. The van der Waals surface area contributed by atoms with Crippen LogP contribution in [0.5, 0.6) is 0 Å². The number of nitrogens with one attached hydrogen (secondary N) is 1. The molecule has 0 saturated carbocycles. The molecule has 0 aliphatic carbocycles. The Balaban J connectivity index is 2.59. The van der Waals surface area contributed by atoms with Gasteiger partial charge in [0.15, 0.2) is 5.69 Å². The summed E-state index contributed by atoms with van der Waals surface area (Å²) >= 11 is 0. The van der Waals surface area contributed by atoms with Crippen molar-refractivity contribution in [1.29, 1.82) is 0 Å². The summed E-state index contributed by atoms with van der Waals surface area (Å²) in [6.45, 7) is -0.481. The maximum Gasteiger partial charge on any atom is 0.471 e. The molecule has 0 saturated heterocycles. The van der Waals surface area contributed by atoms with Gasteiger partial charge in [0.25, 0.3) is 0 Å². The first-order chi connectivity index (χ1) is 7.80. The Bertz CT molecular complexity index is 430. The fourth-order valence-corrected chi connectivity index (χ4v) is 0.828. The second-order valence-corrected chi connectivity index (χ2v) is 2.88. The summed E-state index contributed by atoms with van der Waals surface area (Å²) in [7, 11) is 0. The molecule has 0 spiro atoms. The van der Waals surface area contributed by atoms with E-state index in [9.17, 15) is 22.8 Å². The van der Waals surface area contributed by atoms with Crippen LogP contribution in [0.3, 0.4) is 0 Å². The zero-order valence-corrected chi connectivity index (χ0v) is 8.15. The van der Waals surface area contributed by atoms with Crippen LogP contribution in [0.25, 0.3) is 0 Å². The van der Waals surface area contributed by atoms with Crippen molar-refractivity contribution in [2.45, 2.75) is 12.7 Å². The lowest BCUT2D eigenvalue weighted by atomic mass is 10.4. The van der Waals surface area contributed by atoms with E-state index in [0.29, 0.717) is 0 Å². The lowest BCUT2D eigenvalue weighted by molar-refractivity contribution is -0.173. The molecule has 0 aliphatic heterocycles. The summed E-state index contributed by atoms with van der Waals surface area (Å²) in [5, 5.41) is 10.1. The molecule has 2 N–H and O–H groups in total. The number of aromatic nitrogens is 2. The van der Waals surface area contributed by atoms with Crippen LogP contribution in [0.2, 0.25) is 0 Å². The molecular formula is C8H6F3N3O3. The van der Waals surface area contributed by atoms with Gasteiger partial charge in [0.1, 0.15) is 0 Å². The molecule has 9 heteroatoms.